The average Bonchev–Trinajstić information content (AvgIpc) is 2.54. The molecule has 0 saturated carbocycles. The largest absolute Gasteiger partial charge is 0.328 e. The van der Waals surface area contributed by atoms with Crippen molar-refractivity contribution >= 4 is 17.1 Å². The maximum absolute atomic E-state index is 13.8. The summed E-state index contributed by atoms with van der Waals surface area (Å²) in [6.07, 6.45) is -0.313. The second-order valence-corrected chi connectivity index (χ2v) is 4.85. The van der Waals surface area contributed by atoms with Crippen LogP contribution < -0.4 is 0 Å². The molecule has 0 N–H and O–H groups in total. The quantitative estimate of drug-likeness (QED) is 0.631. The minimum Gasteiger partial charge on any atom is -0.296 e. The molecule has 0 aliphatic heterocycles. The zero-order valence-electron chi connectivity index (χ0n) is 11.1. The highest BCUT2D eigenvalue weighted by molar-refractivity contribution is 5.88. The van der Waals surface area contributed by atoms with E-state index < -0.39 is 5.92 Å². The third kappa shape index (κ3) is 2.42. The lowest BCUT2D eigenvalue weighted by atomic mass is 9.94. The Morgan fingerprint density at radius 1 is 0.810 bits per heavy atom. The van der Waals surface area contributed by atoms with E-state index in [2.05, 4.69) is 0 Å². The molecule has 0 saturated heterocycles. The summed E-state index contributed by atoms with van der Waals surface area (Å²) in [4.78, 5) is 10.7. The Bertz CT molecular complexity index is 809. The first-order chi connectivity index (χ1) is 10.1. The highest BCUT2D eigenvalue weighted by atomic mass is 19.3. The Labute approximate surface area is 120 Å². The first-order valence-corrected chi connectivity index (χ1v) is 6.55. The van der Waals surface area contributed by atoms with Crippen LogP contribution in [-0.4, -0.2) is 6.29 Å². The summed E-state index contributed by atoms with van der Waals surface area (Å²) in [5.41, 5.74) is 0.779. The molecule has 0 spiro atoms. The minimum atomic E-state index is -3.48. The fourth-order valence-electron chi connectivity index (χ4n) is 2.45. The van der Waals surface area contributed by atoms with E-state index in [1.165, 1.54) is 12.1 Å². The number of rotatable bonds is 3. The molecular formula is C18H12F2O. The van der Waals surface area contributed by atoms with E-state index in [1.807, 2.05) is 36.4 Å². The summed E-state index contributed by atoms with van der Waals surface area (Å²) in [7, 11) is 0. The summed E-state index contributed by atoms with van der Waals surface area (Å²) in [6.45, 7) is 0. The Balaban J connectivity index is 2.21. The molecule has 0 fully saturated rings. The van der Waals surface area contributed by atoms with Crippen LogP contribution in [0.25, 0.3) is 21.9 Å². The fourth-order valence-corrected chi connectivity index (χ4v) is 2.45. The predicted octanol–water partition coefficient (Wildman–Crippen LogP) is 4.80. The Kier molecular flexibility index (Phi) is 3.26. The normalized spacial score (nSPS) is 11.5. The van der Waals surface area contributed by atoms with Gasteiger partial charge in [0.05, 0.1) is 0 Å². The van der Waals surface area contributed by atoms with Crippen LogP contribution in [-0.2, 0) is 10.7 Å². The highest BCUT2D eigenvalue weighted by Gasteiger charge is 2.33. The van der Waals surface area contributed by atoms with E-state index in [0.29, 0.717) is 11.1 Å². The number of halogens is 2. The van der Waals surface area contributed by atoms with Crippen molar-refractivity contribution in [3.63, 3.8) is 0 Å². The van der Waals surface area contributed by atoms with Crippen LogP contribution in [0.15, 0.2) is 66.7 Å². The van der Waals surface area contributed by atoms with Crippen molar-refractivity contribution in [2.45, 2.75) is 5.92 Å². The van der Waals surface area contributed by atoms with Gasteiger partial charge in [-0.2, -0.15) is 8.78 Å². The topological polar surface area (TPSA) is 17.1 Å². The zero-order valence-corrected chi connectivity index (χ0v) is 11.1. The van der Waals surface area contributed by atoms with E-state index in [9.17, 15) is 13.6 Å². The highest BCUT2D eigenvalue weighted by Crippen LogP contribution is 2.35. The molecule has 104 valence electrons. The molecule has 0 aliphatic carbocycles. The van der Waals surface area contributed by atoms with Gasteiger partial charge >= 0.3 is 5.92 Å². The fraction of sp³-hybridized carbons (Fsp3) is 0.0556. The first kappa shape index (κ1) is 13.4. The van der Waals surface area contributed by atoms with Crippen molar-refractivity contribution in [2.75, 3.05) is 0 Å². The number of carbonyl (C=O) groups is 1. The van der Waals surface area contributed by atoms with E-state index >= 15 is 0 Å². The lowest BCUT2D eigenvalue weighted by Gasteiger charge is -2.15. The van der Waals surface area contributed by atoms with E-state index in [4.69, 9.17) is 0 Å². The maximum atomic E-state index is 13.8. The smallest absolute Gasteiger partial charge is 0.296 e. The molecule has 1 nitrogen and oxygen atoms in total. The maximum Gasteiger partial charge on any atom is 0.328 e. The van der Waals surface area contributed by atoms with E-state index in [-0.39, 0.29) is 11.8 Å². The third-order valence-corrected chi connectivity index (χ3v) is 3.49. The molecular weight excluding hydrogens is 270 g/mol. The van der Waals surface area contributed by atoms with E-state index in [1.54, 1.807) is 18.2 Å². The molecule has 0 aromatic heterocycles. The number of alkyl halides is 2. The van der Waals surface area contributed by atoms with Crippen LogP contribution in [0.4, 0.5) is 8.78 Å². The number of aldehydes is 1. The molecule has 3 aromatic carbocycles. The van der Waals surface area contributed by atoms with Crippen LogP contribution in [0.5, 0.6) is 0 Å². The lowest BCUT2D eigenvalue weighted by molar-refractivity contribution is -0.130. The summed E-state index contributed by atoms with van der Waals surface area (Å²) < 4.78 is 27.6. The van der Waals surface area contributed by atoms with Crippen molar-refractivity contribution in [3.8, 4) is 11.1 Å². The summed E-state index contributed by atoms with van der Waals surface area (Å²) in [5, 5.41) is 2.01. The van der Waals surface area contributed by atoms with Gasteiger partial charge in [-0.15, -0.1) is 0 Å². The second kappa shape index (κ2) is 5.09. The standard InChI is InChI=1S/C18H12F2O/c19-18(20,12-21)17-8-4-3-7-16(17)15-10-9-13-5-1-2-6-14(13)11-15/h1-12H. The van der Waals surface area contributed by atoms with Crippen molar-refractivity contribution < 1.29 is 13.6 Å². The molecule has 0 aliphatic rings. The molecule has 0 atom stereocenters. The van der Waals surface area contributed by atoms with Crippen molar-refractivity contribution in [1.29, 1.82) is 0 Å². The number of hydrogen-bond acceptors (Lipinski definition) is 1. The molecule has 0 amide bonds. The zero-order chi connectivity index (χ0) is 14.9. The minimum absolute atomic E-state index is 0.268. The Morgan fingerprint density at radius 2 is 1.48 bits per heavy atom. The van der Waals surface area contributed by atoms with Gasteiger partial charge < -0.3 is 0 Å². The van der Waals surface area contributed by atoms with Gasteiger partial charge in [0.15, 0.2) is 6.29 Å². The van der Waals surface area contributed by atoms with Crippen LogP contribution >= 0.6 is 0 Å². The van der Waals surface area contributed by atoms with Crippen molar-refractivity contribution in [1.82, 2.24) is 0 Å². The Morgan fingerprint density at radius 3 is 2.24 bits per heavy atom. The summed E-state index contributed by atoms with van der Waals surface area (Å²) >= 11 is 0. The molecule has 3 heteroatoms. The molecule has 0 bridgehead atoms. The van der Waals surface area contributed by atoms with Crippen molar-refractivity contribution in [2.24, 2.45) is 0 Å². The van der Waals surface area contributed by atoms with Gasteiger partial charge in [-0.3, -0.25) is 4.79 Å². The van der Waals surface area contributed by atoms with Crippen LogP contribution in [0.1, 0.15) is 5.56 Å². The van der Waals surface area contributed by atoms with Crippen LogP contribution in [0.3, 0.4) is 0 Å². The predicted molar refractivity (Wildman–Crippen MR) is 79.3 cm³/mol. The van der Waals surface area contributed by atoms with Gasteiger partial charge in [0.25, 0.3) is 0 Å². The first-order valence-electron chi connectivity index (χ1n) is 6.55. The molecule has 0 radical (unpaired) electrons. The van der Waals surface area contributed by atoms with Gasteiger partial charge in [-0.25, -0.2) is 0 Å². The molecule has 3 aromatic rings. The number of hydrogen-bond donors (Lipinski definition) is 0. The van der Waals surface area contributed by atoms with Crippen LogP contribution in [0, 0.1) is 0 Å². The van der Waals surface area contributed by atoms with Crippen LogP contribution in [0.2, 0.25) is 0 Å². The Hall–Kier alpha value is -2.55. The van der Waals surface area contributed by atoms with Gasteiger partial charge in [-0.05, 0) is 28.0 Å². The molecule has 21 heavy (non-hydrogen) atoms. The van der Waals surface area contributed by atoms with Gasteiger partial charge in [0, 0.05) is 5.56 Å². The van der Waals surface area contributed by atoms with Gasteiger partial charge in [-0.1, -0.05) is 60.7 Å². The molecule has 3 rings (SSSR count). The third-order valence-electron chi connectivity index (χ3n) is 3.49. The summed E-state index contributed by atoms with van der Waals surface area (Å²) in [5.74, 6) is -3.48. The SMILES string of the molecule is O=CC(F)(F)c1ccccc1-c1ccc2ccccc2c1. The number of carbonyl (C=O) groups excluding carboxylic acids is 1. The number of fused-ring (bicyclic) bond motifs is 1. The van der Waals surface area contributed by atoms with Gasteiger partial charge in [0.1, 0.15) is 0 Å². The lowest BCUT2D eigenvalue weighted by Crippen LogP contribution is -2.16. The molecule has 0 heterocycles. The number of benzene rings is 3. The second-order valence-electron chi connectivity index (χ2n) is 4.85. The van der Waals surface area contributed by atoms with Crippen molar-refractivity contribution in [3.05, 3.63) is 72.3 Å². The average molecular weight is 282 g/mol. The monoisotopic (exact) mass is 282 g/mol. The summed E-state index contributed by atoms with van der Waals surface area (Å²) in [6, 6.07) is 19.4. The molecule has 0 unspecified atom stereocenters. The van der Waals surface area contributed by atoms with Gasteiger partial charge in [0.2, 0.25) is 0 Å². The van der Waals surface area contributed by atoms with E-state index in [0.717, 1.165) is 10.8 Å².